The van der Waals surface area contributed by atoms with Gasteiger partial charge in [0.05, 0.1) is 0 Å². The van der Waals surface area contributed by atoms with Crippen LogP contribution in [0.2, 0.25) is 5.02 Å². The summed E-state index contributed by atoms with van der Waals surface area (Å²) in [5, 5.41) is 4.22. The lowest BCUT2D eigenvalue weighted by Gasteiger charge is -2.38. The van der Waals surface area contributed by atoms with Crippen LogP contribution in [0.1, 0.15) is 24.9 Å². The van der Waals surface area contributed by atoms with Crippen LogP contribution in [0.4, 0.5) is 0 Å². The molecule has 0 amide bonds. The standard InChI is InChI=1S/C16H26ClN3/c1-13-12-20(11-10-19(13)3)9-8-16(18-2)14-4-6-15(17)7-5-14/h4-7,13,16,18H,8-12H2,1-3H3. The van der Waals surface area contributed by atoms with Crippen molar-refractivity contribution in [3.8, 4) is 0 Å². The largest absolute Gasteiger partial charge is 0.313 e. The van der Waals surface area contributed by atoms with Crippen molar-refractivity contribution in [3.05, 3.63) is 34.9 Å². The average Bonchev–Trinajstić information content (AvgIpc) is 2.45. The highest BCUT2D eigenvalue weighted by Gasteiger charge is 2.21. The molecule has 1 heterocycles. The van der Waals surface area contributed by atoms with Crippen molar-refractivity contribution in [2.24, 2.45) is 0 Å². The van der Waals surface area contributed by atoms with E-state index in [4.69, 9.17) is 11.6 Å². The molecule has 0 aliphatic carbocycles. The number of piperazine rings is 1. The molecule has 0 saturated carbocycles. The lowest BCUT2D eigenvalue weighted by atomic mass is 10.0. The van der Waals surface area contributed by atoms with Gasteiger partial charge in [-0.15, -0.1) is 0 Å². The molecule has 1 aliphatic rings. The van der Waals surface area contributed by atoms with Gasteiger partial charge in [-0.05, 0) is 45.1 Å². The van der Waals surface area contributed by atoms with Gasteiger partial charge >= 0.3 is 0 Å². The zero-order valence-electron chi connectivity index (χ0n) is 12.8. The highest BCUT2D eigenvalue weighted by atomic mass is 35.5. The molecule has 3 nitrogen and oxygen atoms in total. The molecule has 112 valence electrons. The van der Waals surface area contributed by atoms with Gasteiger partial charge in [0.2, 0.25) is 0 Å². The van der Waals surface area contributed by atoms with E-state index in [-0.39, 0.29) is 0 Å². The van der Waals surface area contributed by atoms with Crippen LogP contribution in [0.5, 0.6) is 0 Å². The molecule has 1 saturated heterocycles. The Hall–Kier alpha value is -0.610. The molecule has 20 heavy (non-hydrogen) atoms. The van der Waals surface area contributed by atoms with Gasteiger partial charge in [-0.25, -0.2) is 0 Å². The molecule has 1 N–H and O–H groups in total. The zero-order chi connectivity index (χ0) is 14.5. The number of rotatable bonds is 5. The van der Waals surface area contributed by atoms with Crippen molar-refractivity contribution in [2.45, 2.75) is 25.4 Å². The molecule has 1 aromatic rings. The van der Waals surface area contributed by atoms with Crippen LogP contribution in [0, 0.1) is 0 Å². The van der Waals surface area contributed by atoms with E-state index in [1.807, 2.05) is 19.2 Å². The zero-order valence-corrected chi connectivity index (χ0v) is 13.5. The Balaban J connectivity index is 1.86. The molecule has 0 bridgehead atoms. The minimum atomic E-state index is 0.405. The van der Waals surface area contributed by atoms with Crippen molar-refractivity contribution >= 4 is 11.6 Å². The van der Waals surface area contributed by atoms with Gasteiger partial charge < -0.3 is 15.1 Å². The molecule has 4 heteroatoms. The van der Waals surface area contributed by atoms with Crippen LogP contribution in [-0.4, -0.2) is 56.1 Å². The van der Waals surface area contributed by atoms with Crippen LogP contribution >= 0.6 is 11.6 Å². The predicted molar refractivity (Wildman–Crippen MR) is 86.4 cm³/mol. The van der Waals surface area contributed by atoms with Crippen molar-refractivity contribution in [3.63, 3.8) is 0 Å². The molecule has 0 radical (unpaired) electrons. The first-order chi connectivity index (χ1) is 9.60. The molecular weight excluding hydrogens is 270 g/mol. The van der Waals surface area contributed by atoms with Crippen molar-refractivity contribution in [1.82, 2.24) is 15.1 Å². The maximum Gasteiger partial charge on any atom is 0.0406 e. The summed E-state index contributed by atoms with van der Waals surface area (Å²) < 4.78 is 0. The summed E-state index contributed by atoms with van der Waals surface area (Å²) in [4.78, 5) is 5.01. The fraction of sp³-hybridized carbons (Fsp3) is 0.625. The molecule has 2 rings (SSSR count). The van der Waals surface area contributed by atoms with E-state index in [2.05, 4.69) is 41.2 Å². The Labute approximate surface area is 127 Å². The second-order valence-corrected chi connectivity index (χ2v) is 6.25. The van der Waals surface area contributed by atoms with Gasteiger partial charge in [0.25, 0.3) is 0 Å². The Morgan fingerprint density at radius 1 is 1.30 bits per heavy atom. The Morgan fingerprint density at radius 3 is 2.60 bits per heavy atom. The summed E-state index contributed by atoms with van der Waals surface area (Å²) >= 11 is 5.95. The molecule has 0 aromatic heterocycles. The molecule has 1 aliphatic heterocycles. The first-order valence-corrected chi connectivity index (χ1v) is 7.83. The topological polar surface area (TPSA) is 18.5 Å². The smallest absolute Gasteiger partial charge is 0.0406 e. The maximum atomic E-state index is 5.95. The summed E-state index contributed by atoms with van der Waals surface area (Å²) in [5.74, 6) is 0. The number of hydrogen-bond acceptors (Lipinski definition) is 3. The third-order valence-electron chi connectivity index (χ3n) is 4.40. The van der Waals surface area contributed by atoms with Gasteiger partial charge in [0.15, 0.2) is 0 Å². The van der Waals surface area contributed by atoms with Crippen molar-refractivity contribution in [1.29, 1.82) is 0 Å². The Morgan fingerprint density at radius 2 is 2.00 bits per heavy atom. The fourth-order valence-electron chi connectivity index (χ4n) is 2.81. The quantitative estimate of drug-likeness (QED) is 0.901. The van der Waals surface area contributed by atoms with E-state index in [0.29, 0.717) is 12.1 Å². The second-order valence-electron chi connectivity index (χ2n) is 5.81. The van der Waals surface area contributed by atoms with Gasteiger partial charge in [0.1, 0.15) is 0 Å². The van der Waals surface area contributed by atoms with Crippen molar-refractivity contribution < 1.29 is 0 Å². The number of benzene rings is 1. The number of nitrogens with zero attached hydrogens (tertiary/aromatic N) is 2. The lowest BCUT2D eigenvalue weighted by molar-refractivity contribution is 0.102. The minimum Gasteiger partial charge on any atom is -0.313 e. The Bertz CT molecular complexity index is 407. The fourth-order valence-corrected chi connectivity index (χ4v) is 2.94. The first kappa shape index (κ1) is 15.8. The van der Waals surface area contributed by atoms with Gasteiger partial charge in [0, 0.05) is 43.3 Å². The van der Waals surface area contributed by atoms with E-state index < -0.39 is 0 Å². The maximum absolute atomic E-state index is 5.95. The van der Waals surface area contributed by atoms with Crippen LogP contribution in [-0.2, 0) is 0 Å². The monoisotopic (exact) mass is 295 g/mol. The average molecular weight is 296 g/mol. The summed E-state index contributed by atoms with van der Waals surface area (Å²) in [6, 6.07) is 9.25. The molecule has 1 fully saturated rings. The SMILES string of the molecule is CNC(CCN1CCN(C)C(C)C1)c1ccc(Cl)cc1. The molecule has 2 unspecified atom stereocenters. The lowest BCUT2D eigenvalue weighted by Crippen LogP contribution is -2.50. The summed E-state index contributed by atoms with van der Waals surface area (Å²) in [7, 11) is 4.25. The molecule has 1 aromatic carbocycles. The number of hydrogen-bond donors (Lipinski definition) is 1. The van der Waals surface area contributed by atoms with Gasteiger partial charge in [-0.3, -0.25) is 0 Å². The number of nitrogens with one attached hydrogen (secondary N) is 1. The summed E-state index contributed by atoms with van der Waals surface area (Å²) in [6.07, 6.45) is 1.13. The van der Waals surface area contributed by atoms with Gasteiger partial charge in [-0.2, -0.15) is 0 Å². The molecule has 0 spiro atoms. The minimum absolute atomic E-state index is 0.405. The van der Waals surface area contributed by atoms with E-state index in [1.165, 1.54) is 25.2 Å². The van der Waals surface area contributed by atoms with E-state index in [9.17, 15) is 0 Å². The first-order valence-electron chi connectivity index (χ1n) is 7.45. The molecule has 2 atom stereocenters. The normalized spacial score (nSPS) is 22.9. The summed E-state index contributed by atoms with van der Waals surface area (Å²) in [5.41, 5.74) is 1.32. The van der Waals surface area contributed by atoms with Crippen LogP contribution in [0.3, 0.4) is 0 Å². The second kappa shape index (κ2) is 7.41. The number of halogens is 1. The van der Waals surface area contributed by atoms with Crippen LogP contribution in [0.15, 0.2) is 24.3 Å². The van der Waals surface area contributed by atoms with Crippen molar-refractivity contribution in [2.75, 3.05) is 40.3 Å². The van der Waals surface area contributed by atoms with E-state index >= 15 is 0 Å². The third-order valence-corrected chi connectivity index (χ3v) is 4.65. The van der Waals surface area contributed by atoms with Crippen LogP contribution in [0.25, 0.3) is 0 Å². The Kier molecular flexibility index (Phi) is 5.85. The summed E-state index contributed by atoms with van der Waals surface area (Å²) in [6.45, 7) is 6.98. The van der Waals surface area contributed by atoms with Gasteiger partial charge in [-0.1, -0.05) is 23.7 Å². The highest BCUT2D eigenvalue weighted by Crippen LogP contribution is 2.20. The third kappa shape index (κ3) is 4.19. The molecular formula is C16H26ClN3. The van der Waals surface area contributed by atoms with Crippen LogP contribution < -0.4 is 5.32 Å². The number of likely N-dealkylation sites (N-methyl/N-ethyl adjacent to an activating group) is 1. The highest BCUT2D eigenvalue weighted by molar-refractivity contribution is 6.30. The predicted octanol–water partition coefficient (Wildman–Crippen LogP) is 2.63. The van der Waals surface area contributed by atoms with E-state index in [0.717, 1.165) is 18.0 Å². The van der Waals surface area contributed by atoms with E-state index in [1.54, 1.807) is 0 Å².